The molecule has 3 aliphatic rings. The van der Waals surface area contributed by atoms with Crippen LogP contribution in [-0.4, -0.2) is 215 Å². The minimum Gasteiger partial charge on any atom is -0.735 e. The van der Waals surface area contributed by atoms with Crippen LogP contribution in [0.1, 0.15) is 0 Å². The Morgan fingerprint density at radius 2 is 0.969 bits per heavy atom. The molecule has 0 aliphatic carbocycles. The molecule has 0 aromatic rings. The number of aliphatic carboxylic acids is 1. The van der Waals surface area contributed by atoms with Gasteiger partial charge in [0.2, 0.25) is 20.8 Å². The van der Waals surface area contributed by atoms with Crippen LogP contribution in [0.2, 0.25) is 0 Å². The van der Waals surface area contributed by atoms with Crippen LogP contribution in [0.15, 0.2) is 0 Å². The third-order valence-corrected chi connectivity index (χ3v) is 10.2. The minimum absolute atomic E-state index is 0. The molecule has 3 fully saturated rings. The fourth-order valence-corrected chi connectivity index (χ4v) is 7.48. The predicted molar refractivity (Wildman–Crippen MR) is 159 cm³/mol. The number of aliphatic hydroxyl groups excluding tert-OH is 5. The Labute approximate surface area is 497 Å². The van der Waals surface area contributed by atoms with Crippen molar-refractivity contribution < 1.29 is 314 Å². The molecule has 0 spiro atoms. The summed E-state index contributed by atoms with van der Waals surface area (Å²) < 4.78 is 211. The van der Waals surface area contributed by atoms with Crippen molar-refractivity contribution in [3.63, 3.8) is 0 Å². The summed E-state index contributed by atoms with van der Waals surface area (Å²) in [5, 5.41) is 66.0. The molecule has 8 N–H and O–H groups in total. The number of carbonyl (C=O) groups excluding carboxylic acids is 1. The van der Waals surface area contributed by atoms with Gasteiger partial charge >= 0.3 is 177 Å². The van der Waals surface area contributed by atoms with Gasteiger partial charge in [-0.3, -0.25) is 8.37 Å². The van der Waals surface area contributed by atoms with E-state index in [1.165, 1.54) is 14.2 Å². The molecule has 64 heavy (non-hydrogen) atoms. The van der Waals surface area contributed by atoms with Crippen LogP contribution < -0.4 is 197 Å². The van der Waals surface area contributed by atoms with Crippen molar-refractivity contribution in [1.29, 1.82) is 0 Å². The van der Waals surface area contributed by atoms with Crippen molar-refractivity contribution >= 4 is 57.7 Å². The van der Waals surface area contributed by atoms with Gasteiger partial charge < -0.3 is 86.6 Å². The number of ether oxygens (including phenoxy) is 6. The fraction of sp³-hybridized carbons (Fsp3) is 0.950. The molecule has 3 heterocycles. The largest absolute Gasteiger partial charge is 1.00 e. The number of rotatable bonds is 20. The second-order valence-electron chi connectivity index (χ2n) is 11.8. The molecule has 0 aromatic heterocycles. The number of hydrogen-bond acceptors (Lipinski definition) is 30. The Morgan fingerprint density at radius 3 is 1.41 bits per heavy atom. The minimum atomic E-state index is -5.66. The first kappa shape index (κ1) is 74.9. The maximum Gasteiger partial charge on any atom is 1.00 e. The summed E-state index contributed by atoms with van der Waals surface area (Å²) in [4.78, 5) is 12.2. The first-order valence-corrected chi connectivity index (χ1v) is 22.0. The summed E-state index contributed by atoms with van der Waals surface area (Å²) in [6, 6.07) is -4.85. The molecule has 15 atom stereocenters. The van der Waals surface area contributed by atoms with E-state index in [0.29, 0.717) is 0 Å². The Kier molecular flexibility index (Phi) is 36.6. The topological polar surface area (TPSA) is 537 Å². The van der Waals surface area contributed by atoms with Crippen molar-refractivity contribution in [2.75, 3.05) is 26.4 Å². The molecule has 0 bridgehead atoms. The van der Waals surface area contributed by atoms with Crippen molar-refractivity contribution in [3.05, 3.63) is 0 Å². The maximum absolute atomic E-state index is 12.2. The number of aliphatic hydroxyl groups is 5. The van der Waals surface area contributed by atoms with E-state index in [1.54, 1.807) is 0 Å². The molecular formula is C20H31N3Na6O30S5. The fourth-order valence-electron chi connectivity index (χ4n) is 5.38. The molecule has 0 aromatic carbocycles. The van der Waals surface area contributed by atoms with Crippen molar-refractivity contribution in [2.45, 2.75) is 92.0 Å². The van der Waals surface area contributed by atoms with Crippen molar-refractivity contribution in [1.82, 2.24) is 14.2 Å². The van der Waals surface area contributed by atoms with Crippen LogP contribution >= 0.6 is 0 Å². The van der Waals surface area contributed by atoms with Crippen LogP contribution in [0.5, 0.6) is 0 Å². The number of carboxylic acid groups (broad SMARTS) is 1. The molecule has 3 aliphatic heterocycles. The van der Waals surface area contributed by atoms with Gasteiger partial charge in [-0.25, -0.2) is 56.3 Å². The predicted octanol–water partition coefficient (Wildman–Crippen LogP) is -30.6. The number of carboxylic acids is 1. The normalized spacial score (nSPS) is 33.6. The zero-order chi connectivity index (χ0) is 44.3. The Hall–Kier alpha value is 4.38. The van der Waals surface area contributed by atoms with E-state index in [9.17, 15) is 100 Å². The summed E-state index contributed by atoms with van der Waals surface area (Å²) in [5.74, 6) is -2.42. The molecule has 0 unspecified atom stereocenters. The van der Waals surface area contributed by atoms with Gasteiger partial charge in [-0.05, 0) is 0 Å². The van der Waals surface area contributed by atoms with Gasteiger partial charge in [0.25, 0.3) is 0 Å². The first-order chi connectivity index (χ1) is 26.3. The number of hydrogen-bond donors (Lipinski definition) is 8. The van der Waals surface area contributed by atoms with Gasteiger partial charge in [-0.2, -0.15) is 0 Å². The number of carbonyl (C=O) groups is 1. The van der Waals surface area contributed by atoms with E-state index in [2.05, 4.69) is 8.37 Å². The Balaban J connectivity index is -0.00000300. The van der Waals surface area contributed by atoms with Crippen LogP contribution in [0.25, 0.3) is 0 Å². The van der Waals surface area contributed by atoms with Gasteiger partial charge in [0.05, 0.1) is 25.8 Å². The average molecular weight is 1090 g/mol. The van der Waals surface area contributed by atoms with E-state index in [1.807, 2.05) is 0 Å². The zero-order valence-corrected chi connectivity index (χ0v) is 50.1. The zero-order valence-electron chi connectivity index (χ0n) is 34.0. The maximum atomic E-state index is 12.2. The van der Waals surface area contributed by atoms with Gasteiger partial charge in [-0.1, -0.05) is 0 Å². The summed E-state index contributed by atoms with van der Waals surface area (Å²) >= 11 is 0. The summed E-state index contributed by atoms with van der Waals surface area (Å²) in [6.45, 7) is -4.73. The van der Waals surface area contributed by atoms with E-state index in [-0.39, 0.29) is 177 Å². The summed E-state index contributed by atoms with van der Waals surface area (Å²) in [7, 11) is -27.6. The molecule has 33 nitrogen and oxygen atoms in total. The first-order valence-electron chi connectivity index (χ1n) is 15.1. The summed E-state index contributed by atoms with van der Waals surface area (Å²) in [6.07, 6.45) is -32.8. The SMILES string of the molecule is O=C([O-])[C@H]1O[C@@H](O[C@H]2[C@H](O)[C@@H](NS(=O)(=O)[O-])[C@H](OCCNS(=O)(=O)[O-])O[C@@H]2COS(=O)(=O)[O-])[C@H](O)[C@@H](O)[C@@H]1O[C@H]1O[C@H](COS(=O)(=O)[O-])[C@@H](O)[C@H](O)[C@H]1NS(=O)(=O)[O-].[Na+].[Na+].[Na+].[Na+].[Na+].[Na+]. The van der Waals surface area contributed by atoms with Crippen LogP contribution in [0, 0.1) is 0 Å². The molecule has 342 valence electrons. The third-order valence-electron chi connectivity index (χ3n) is 7.71. The molecule has 0 radical (unpaired) electrons. The third kappa shape index (κ3) is 25.1. The van der Waals surface area contributed by atoms with Crippen molar-refractivity contribution in [2.24, 2.45) is 0 Å². The summed E-state index contributed by atoms with van der Waals surface area (Å²) in [5.41, 5.74) is 0. The second-order valence-corrected chi connectivity index (χ2v) is 17.4. The Morgan fingerprint density at radius 1 is 0.531 bits per heavy atom. The van der Waals surface area contributed by atoms with E-state index in [4.69, 9.17) is 28.4 Å². The molecular weight excluding hydrogens is 1060 g/mol. The van der Waals surface area contributed by atoms with Crippen LogP contribution in [0.4, 0.5) is 0 Å². The molecule has 0 amide bonds. The van der Waals surface area contributed by atoms with Gasteiger partial charge in [-0.15, -0.1) is 0 Å². The Bertz CT molecular complexity index is 1990. The molecule has 0 saturated carbocycles. The molecule has 44 heteroatoms. The average Bonchev–Trinajstić information content (AvgIpc) is 3.04. The van der Waals surface area contributed by atoms with Gasteiger partial charge in [0.15, 0.2) is 49.8 Å². The smallest absolute Gasteiger partial charge is 0.735 e. The quantitative estimate of drug-likeness (QED) is 0.0243. The van der Waals surface area contributed by atoms with E-state index < -0.39 is 176 Å². The van der Waals surface area contributed by atoms with Gasteiger partial charge in [0, 0.05) is 6.54 Å². The van der Waals surface area contributed by atoms with E-state index >= 15 is 0 Å². The molecule has 3 rings (SSSR count). The standard InChI is InChI=1S/C20H37N3O30S5.6Na/c24-9-5(3-47-57(40,41)42)49-19(7(10(9)25)22-55(34,35)36)52-15-12(27)13(28)20(53-16(15)17(29)30)51-14-6(4-48-58(43,44)45)50-18(46-2-1-21-54(31,32)33)8(11(14)26)23-56(37,38)39;;;;;;/h5-16,18-28H,1-4H2,(H,29,30)(H,31,32,33)(H,34,35,36)(H,37,38,39)(H,40,41,42)(H,43,44,45);;;;;;/q;6*+1/p-6/t5-,6-,7-,8-,9-,10-,11-,12-,13-,14-,15+,16+,18-,19-,20-;;;;;;/m1....../s1. The van der Waals surface area contributed by atoms with E-state index in [0.717, 1.165) is 0 Å². The van der Waals surface area contributed by atoms with Gasteiger partial charge in [0.1, 0.15) is 73.1 Å². The number of nitrogens with one attached hydrogen (secondary N) is 3. The monoisotopic (exact) mass is 1090 g/mol. The van der Waals surface area contributed by atoms with Crippen LogP contribution in [-0.2, 0) is 93.3 Å². The van der Waals surface area contributed by atoms with Crippen LogP contribution in [0.3, 0.4) is 0 Å². The van der Waals surface area contributed by atoms with Crippen molar-refractivity contribution in [3.8, 4) is 0 Å². The molecule has 3 saturated heterocycles. The second kappa shape index (κ2) is 31.3.